The van der Waals surface area contributed by atoms with Crippen LogP contribution in [0.4, 0.5) is 26.3 Å². The number of aromatic nitrogens is 1. The van der Waals surface area contributed by atoms with Crippen molar-refractivity contribution in [2.45, 2.75) is 12.4 Å². The second kappa shape index (κ2) is 5.51. The number of nitrogens with zero attached hydrogens (tertiary/aromatic N) is 1. The fraction of sp³-hybridized carbons (Fsp3) is 0.118. The van der Waals surface area contributed by atoms with Gasteiger partial charge in [0.1, 0.15) is 0 Å². The van der Waals surface area contributed by atoms with Gasteiger partial charge in [-0.1, -0.05) is 24.3 Å². The second-order valence-corrected chi connectivity index (χ2v) is 5.18. The van der Waals surface area contributed by atoms with Crippen molar-refractivity contribution in [3.8, 4) is 11.3 Å². The normalized spacial score (nSPS) is 12.6. The fourth-order valence-corrected chi connectivity index (χ4v) is 2.33. The van der Waals surface area contributed by atoms with E-state index in [0.717, 1.165) is 5.39 Å². The molecule has 24 heavy (non-hydrogen) atoms. The van der Waals surface area contributed by atoms with Crippen LogP contribution in [0.15, 0.2) is 54.6 Å². The van der Waals surface area contributed by atoms with E-state index in [-0.39, 0.29) is 17.3 Å². The van der Waals surface area contributed by atoms with Crippen LogP contribution in [0.25, 0.3) is 22.2 Å². The molecule has 0 aliphatic heterocycles. The van der Waals surface area contributed by atoms with Crippen molar-refractivity contribution in [3.05, 3.63) is 65.7 Å². The Morgan fingerprint density at radius 3 is 1.83 bits per heavy atom. The van der Waals surface area contributed by atoms with Crippen LogP contribution in [-0.4, -0.2) is 4.98 Å². The number of rotatable bonds is 1. The molecule has 1 heterocycles. The Balaban J connectivity index is 2.21. The van der Waals surface area contributed by atoms with Crippen molar-refractivity contribution < 1.29 is 26.3 Å². The van der Waals surface area contributed by atoms with Crippen molar-refractivity contribution in [1.82, 2.24) is 4.98 Å². The van der Waals surface area contributed by atoms with Gasteiger partial charge in [-0.05, 0) is 30.3 Å². The van der Waals surface area contributed by atoms with Gasteiger partial charge in [0.25, 0.3) is 0 Å². The van der Waals surface area contributed by atoms with Gasteiger partial charge in [-0.25, -0.2) is 4.98 Å². The summed E-state index contributed by atoms with van der Waals surface area (Å²) in [6.45, 7) is 0. The highest BCUT2D eigenvalue weighted by Crippen LogP contribution is 2.38. The van der Waals surface area contributed by atoms with Gasteiger partial charge in [-0.2, -0.15) is 26.3 Å². The van der Waals surface area contributed by atoms with E-state index in [0.29, 0.717) is 17.6 Å². The molecule has 0 aliphatic carbocycles. The van der Waals surface area contributed by atoms with E-state index in [1.165, 1.54) is 6.07 Å². The molecule has 2 aromatic carbocycles. The minimum atomic E-state index is -4.88. The summed E-state index contributed by atoms with van der Waals surface area (Å²) < 4.78 is 77.5. The average molecular weight is 341 g/mol. The summed E-state index contributed by atoms with van der Waals surface area (Å²) in [5.41, 5.74) is -2.42. The lowest BCUT2D eigenvalue weighted by atomic mass is 10.0. The first-order valence-electron chi connectivity index (χ1n) is 6.80. The maximum Gasteiger partial charge on any atom is 0.416 e. The topological polar surface area (TPSA) is 12.9 Å². The molecule has 0 atom stereocenters. The Bertz CT molecular complexity index is 863. The van der Waals surface area contributed by atoms with Crippen molar-refractivity contribution in [3.63, 3.8) is 0 Å². The molecule has 0 aliphatic rings. The van der Waals surface area contributed by atoms with E-state index in [9.17, 15) is 26.3 Å². The van der Waals surface area contributed by atoms with Crippen molar-refractivity contribution in [2.75, 3.05) is 0 Å². The van der Waals surface area contributed by atoms with Crippen molar-refractivity contribution in [1.29, 1.82) is 0 Å². The zero-order chi connectivity index (χ0) is 17.5. The number of para-hydroxylation sites is 1. The molecule has 1 nitrogen and oxygen atoms in total. The highest BCUT2D eigenvalue weighted by atomic mass is 19.4. The van der Waals surface area contributed by atoms with E-state index in [2.05, 4.69) is 4.98 Å². The third kappa shape index (κ3) is 3.20. The highest BCUT2D eigenvalue weighted by molar-refractivity contribution is 5.81. The van der Waals surface area contributed by atoms with Gasteiger partial charge in [-0.15, -0.1) is 0 Å². The molecule has 0 N–H and O–H groups in total. The molecule has 1 aromatic heterocycles. The number of fused-ring (bicyclic) bond motifs is 1. The van der Waals surface area contributed by atoms with Crippen molar-refractivity contribution in [2.24, 2.45) is 0 Å². The highest BCUT2D eigenvalue weighted by Gasteiger charge is 2.37. The van der Waals surface area contributed by atoms with Gasteiger partial charge < -0.3 is 0 Å². The van der Waals surface area contributed by atoms with E-state index in [1.54, 1.807) is 30.3 Å². The molecule has 3 aromatic rings. The Labute approximate surface area is 132 Å². The third-order valence-electron chi connectivity index (χ3n) is 3.48. The number of alkyl halides is 6. The van der Waals surface area contributed by atoms with Crippen LogP contribution in [0.1, 0.15) is 11.1 Å². The molecular weight excluding hydrogens is 332 g/mol. The van der Waals surface area contributed by atoms with Gasteiger partial charge in [0.2, 0.25) is 0 Å². The molecule has 0 saturated heterocycles. The lowest BCUT2D eigenvalue weighted by molar-refractivity contribution is -0.143. The number of pyridine rings is 1. The lowest BCUT2D eigenvalue weighted by Crippen LogP contribution is -2.11. The Kier molecular flexibility index (Phi) is 3.74. The van der Waals surface area contributed by atoms with E-state index < -0.39 is 23.5 Å². The summed E-state index contributed by atoms with van der Waals surface area (Å²) in [5, 5.41) is 0.740. The SMILES string of the molecule is FC(F)(F)c1cc(-c2ccc3ccccc3n2)cc(C(F)(F)F)c1. The van der Waals surface area contributed by atoms with E-state index >= 15 is 0 Å². The summed E-state index contributed by atoms with van der Waals surface area (Å²) in [5.74, 6) is 0. The molecule has 0 unspecified atom stereocenters. The van der Waals surface area contributed by atoms with Gasteiger partial charge in [-0.3, -0.25) is 0 Å². The van der Waals surface area contributed by atoms with Gasteiger partial charge in [0.15, 0.2) is 0 Å². The van der Waals surface area contributed by atoms with Gasteiger partial charge in [0, 0.05) is 10.9 Å². The van der Waals surface area contributed by atoms with Crippen LogP contribution in [0.3, 0.4) is 0 Å². The Hall–Kier alpha value is -2.57. The Morgan fingerprint density at radius 2 is 1.25 bits per heavy atom. The second-order valence-electron chi connectivity index (χ2n) is 5.18. The van der Waals surface area contributed by atoms with Crippen LogP contribution in [0.5, 0.6) is 0 Å². The molecule has 0 fully saturated rings. The summed E-state index contributed by atoms with van der Waals surface area (Å²) >= 11 is 0. The maximum atomic E-state index is 12.9. The average Bonchev–Trinajstić information content (AvgIpc) is 2.52. The zero-order valence-corrected chi connectivity index (χ0v) is 11.9. The quantitative estimate of drug-likeness (QED) is 0.499. The minimum absolute atomic E-state index is 0.0466. The molecule has 0 spiro atoms. The van der Waals surface area contributed by atoms with Gasteiger partial charge >= 0.3 is 12.4 Å². The molecule has 0 radical (unpaired) electrons. The molecule has 7 heteroatoms. The van der Waals surface area contributed by atoms with Gasteiger partial charge in [0.05, 0.1) is 22.3 Å². The van der Waals surface area contributed by atoms with Crippen LogP contribution in [0.2, 0.25) is 0 Å². The lowest BCUT2D eigenvalue weighted by Gasteiger charge is -2.14. The van der Waals surface area contributed by atoms with Crippen LogP contribution in [-0.2, 0) is 12.4 Å². The maximum absolute atomic E-state index is 12.9. The third-order valence-corrected chi connectivity index (χ3v) is 3.48. The smallest absolute Gasteiger partial charge is 0.248 e. The first kappa shape index (κ1) is 16.3. The molecule has 3 rings (SSSR count). The standard InChI is InChI=1S/C17H9F6N/c18-16(19,20)12-7-11(8-13(9-12)17(21,22)23)15-6-5-10-3-1-2-4-14(10)24-15/h1-9H. The number of halogens is 6. The Morgan fingerprint density at radius 1 is 0.667 bits per heavy atom. The fourth-order valence-electron chi connectivity index (χ4n) is 2.33. The summed E-state index contributed by atoms with van der Waals surface area (Å²) in [6.07, 6.45) is -9.76. The largest absolute Gasteiger partial charge is 0.416 e. The van der Waals surface area contributed by atoms with E-state index in [1.807, 2.05) is 0 Å². The summed E-state index contributed by atoms with van der Waals surface area (Å²) in [6, 6.07) is 11.3. The van der Waals surface area contributed by atoms with Crippen LogP contribution < -0.4 is 0 Å². The minimum Gasteiger partial charge on any atom is -0.248 e. The zero-order valence-electron chi connectivity index (χ0n) is 11.9. The number of hydrogen-bond donors (Lipinski definition) is 0. The predicted octanol–water partition coefficient (Wildman–Crippen LogP) is 5.94. The molecule has 124 valence electrons. The molecular formula is C17H9F6N. The molecule has 0 amide bonds. The van der Waals surface area contributed by atoms with E-state index in [4.69, 9.17) is 0 Å². The first-order chi connectivity index (χ1) is 11.1. The molecule has 0 bridgehead atoms. The first-order valence-corrected chi connectivity index (χ1v) is 6.80. The van der Waals surface area contributed by atoms with Crippen molar-refractivity contribution >= 4 is 10.9 Å². The molecule has 0 saturated carbocycles. The van der Waals surface area contributed by atoms with Crippen LogP contribution >= 0.6 is 0 Å². The summed E-state index contributed by atoms with van der Waals surface area (Å²) in [4.78, 5) is 4.16. The number of hydrogen-bond acceptors (Lipinski definition) is 1. The summed E-state index contributed by atoms with van der Waals surface area (Å²) in [7, 11) is 0. The number of benzene rings is 2. The monoisotopic (exact) mass is 341 g/mol. The van der Waals surface area contributed by atoms with Crippen LogP contribution in [0, 0.1) is 0 Å². The predicted molar refractivity (Wildman–Crippen MR) is 77.2 cm³/mol.